The Morgan fingerprint density at radius 3 is 2.93 bits per heavy atom. The van der Waals surface area contributed by atoms with Crippen LogP contribution in [0.5, 0.6) is 5.75 Å². The molecule has 28 heavy (non-hydrogen) atoms. The summed E-state index contributed by atoms with van der Waals surface area (Å²) in [6, 6.07) is 7.81. The van der Waals surface area contributed by atoms with Gasteiger partial charge in [-0.1, -0.05) is 37.1 Å². The van der Waals surface area contributed by atoms with Crippen molar-refractivity contribution in [1.29, 1.82) is 0 Å². The van der Waals surface area contributed by atoms with Gasteiger partial charge >= 0.3 is 0 Å². The van der Waals surface area contributed by atoms with Gasteiger partial charge in [-0.25, -0.2) is 4.99 Å². The van der Waals surface area contributed by atoms with Crippen molar-refractivity contribution in [2.24, 2.45) is 4.99 Å². The van der Waals surface area contributed by atoms with E-state index in [0.29, 0.717) is 16.2 Å². The van der Waals surface area contributed by atoms with Crippen molar-refractivity contribution in [3.8, 4) is 5.75 Å². The summed E-state index contributed by atoms with van der Waals surface area (Å²) in [5.41, 5.74) is 2.09. The van der Waals surface area contributed by atoms with Gasteiger partial charge in [-0.3, -0.25) is 9.59 Å². The van der Waals surface area contributed by atoms with Crippen LogP contribution in [0.3, 0.4) is 0 Å². The maximum Gasteiger partial charge on any atom is 0.283 e. The first-order valence-electron chi connectivity index (χ1n) is 9.48. The molecule has 1 heterocycles. The van der Waals surface area contributed by atoms with Crippen molar-refractivity contribution in [2.75, 3.05) is 7.11 Å². The largest absolute Gasteiger partial charge is 0.497 e. The van der Waals surface area contributed by atoms with E-state index in [1.807, 2.05) is 42.5 Å². The van der Waals surface area contributed by atoms with Crippen molar-refractivity contribution < 1.29 is 14.3 Å². The number of methoxy groups -OCH3 is 1. The molecule has 144 valence electrons. The Kier molecular flexibility index (Phi) is 5.48. The maximum absolute atomic E-state index is 12.5. The Bertz CT molecular complexity index is 923. The summed E-state index contributed by atoms with van der Waals surface area (Å²) in [5.74, 6) is 0.380. The molecule has 2 amide bonds. The molecule has 1 aromatic rings. The quantitative estimate of drug-likeness (QED) is 0.791. The summed E-state index contributed by atoms with van der Waals surface area (Å²) < 4.78 is 5.23. The van der Waals surface area contributed by atoms with E-state index in [-0.39, 0.29) is 23.1 Å². The molecule has 3 aliphatic rings. The lowest BCUT2D eigenvalue weighted by Gasteiger charge is -2.23. The maximum atomic E-state index is 12.5. The summed E-state index contributed by atoms with van der Waals surface area (Å²) in [6.45, 7) is 0. The number of benzene rings is 1. The second-order valence-corrected chi connectivity index (χ2v) is 8.26. The molecule has 4 rings (SSSR count). The normalized spacial score (nSPS) is 23.2. The summed E-state index contributed by atoms with van der Waals surface area (Å²) in [4.78, 5) is 29.8. The molecular weight excluding hydrogens is 372 g/mol. The number of carbonyl (C=O) groups is 2. The number of thioether (sulfide) groups is 1. The van der Waals surface area contributed by atoms with Crippen LogP contribution in [0.1, 0.15) is 31.2 Å². The summed E-state index contributed by atoms with van der Waals surface area (Å²) in [6.07, 6.45) is 11.8. The van der Waals surface area contributed by atoms with Crippen molar-refractivity contribution >= 4 is 35.4 Å². The minimum absolute atomic E-state index is 0.0578. The lowest BCUT2D eigenvalue weighted by molar-refractivity contribution is -0.118. The molecule has 1 saturated carbocycles. The molecule has 1 N–H and O–H groups in total. The number of nitrogens with zero attached hydrogens (tertiary/aromatic N) is 1. The number of rotatable bonds is 4. The monoisotopic (exact) mass is 394 g/mol. The highest BCUT2D eigenvalue weighted by molar-refractivity contribution is 8.05. The second kappa shape index (κ2) is 8.19. The van der Waals surface area contributed by atoms with Crippen molar-refractivity contribution in [3.05, 3.63) is 58.5 Å². The van der Waals surface area contributed by atoms with Gasteiger partial charge in [-0.15, -0.1) is 11.8 Å². The molecule has 1 aliphatic heterocycles. The number of allylic oxidation sites excluding steroid dienone is 1. The smallest absolute Gasteiger partial charge is 0.283 e. The predicted octanol–water partition coefficient (Wildman–Crippen LogP) is 3.67. The molecule has 0 saturated heterocycles. The number of hydrogen-bond donors (Lipinski definition) is 1. The van der Waals surface area contributed by atoms with Gasteiger partial charge in [-0.05, 0) is 42.7 Å². The van der Waals surface area contributed by atoms with E-state index in [1.54, 1.807) is 13.2 Å². The highest BCUT2D eigenvalue weighted by atomic mass is 32.2. The minimum Gasteiger partial charge on any atom is -0.497 e. The number of nitrogens with one attached hydrogen (secondary N) is 1. The Morgan fingerprint density at radius 1 is 1.32 bits per heavy atom. The van der Waals surface area contributed by atoms with Gasteiger partial charge < -0.3 is 10.1 Å². The van der Waals surface area contributed by atoms with Crippen molar-refractivity contribution in [3.63, 3.8) is 0 Å². The molecule has 1 atom stereocenters. The molecule has 0 radical (unpaired) electrons. The average Bonchev–Trinajstić information content (AvgIpc) is 3.21. The van der Waals surface area contributed by atoms with E-state index >= 15 is 0 Å². The van der Waals surface area contributed by atoms with E-state index in [9.17, 15) is 9.59 Å². The zero-order valence-corrected chi connectivity index (χ0v) is 16.5. The molecule has 0 spiro atoms. The molecular formula is C22H22N2O3S. The standard InChI is InChI=1S/C22H22N2O3S/c1-27-17-8-4-5-14(11-17)12-20-22(26)24-18-13-15(9-10-19(18)28-20)21(25)23-16-6-2-3-7-16/h4-5,8-13,16,19H,2-3,6-7H2,1H3,(H,23,25)/b20-12+. The van der Waals surface area contributed by atoms with Crippen LogP contribution >= 0.6 is 11.8 Å². The van der Waals surface area contributed by atoms with Gasteiger partial charge in [0.25, 0.3) is 11.8 Å². The van der Waals surface area contributed by atoms with E-state index in [1.165, 1.54) is 24.6 Å². The number of fused-ring (bicyclic) bond motifs is 1. The van der Waals surface area contributed by atoms with Crippen LogP contribution in [0.25, 0.3) is 6.08 Å². The van der Waals surface area contributed by atoms with E-state index in [2.05, 4.69) is 10.3 Å². The predicted molar refractivity (Wildman–Crippen MR) is 112 cm³/mol. The number of hydrogen-bond acceptors (Lipinski definition) is 4. The SMILES string of the molecule is COc1cccc(/C=C2/SC3C=CC(C(=O)NC4CCCC4)=CC3=NC2=O)c1. The highest BCUT2D eigenvalue weighted by Gasteiger charge is 2.29. The van der Waals surface area contributed by atoms with Gasteiger partial charge in [0.2, 0.25) is 0 Å². The average molecular weight is 394 g/mol. The van der Waals surface area contributed by atoms with Gasteiger partial charge in [0, 0.05) is 11.6 Å². The number of aliphatic imine (C=N–C) groups is 1. The Hall–Kier alpha value is -2.60. The number of carbonyl (C=O) groups excluding carboxylic acids is 2. The molecule has 6 heteroatoms. The first-order valence-corrected chi connectivity index (χ1v) is 10.4. The summed E-state index contributed by atoms with van der Waals surface area (Å²) in [7, 11) is 1.61. The van der Waals surface area contributed by atoms with Crippen LogP contribution in [0.15, 0.2) is 58.0 Å². The first-order chi connectivity index (χ1) is 13.6. The highest BCUT2D eigenvalue weighted by Crippen LogP contribution is 2.34. The molecule has 5 nitrogen and oxygen atoms in total. The second-order valence-electron chi connectivity index (χ2n) is 7.08. The zero-order valence-electron chi connectivity index (χ0n) is 15.7. The van der Waals surface area contributed by atoms with Crippen LogP contribution in [-0.4, -0.2) is 35.9 Å². The van der Waals surface area contributed by atoms with Crippen LogP contribution in [0, 0.1) is 0 Å². The van der Waals surface area contributed by atoms with E-state index in [4.69, 9.17) is 4.74 Å². The molecule has 1 unspecified atom stereocenters. The topological polar surface area (TPSA) is 67.8 Å². The first kappa shape index (κ1) is 18.7. The molecule has 1 aromatic carbocycles. The third kappa shape index (κ3) is 4.12. The lowest BCUT2D eigenvalue weighted by Crippen LogP contribution is -2.35. The molecule has 0 aromatic heterocycles. The Balaban J connectivity index is 1.51. The summed E-state index contributed by atoms with van der Waals surface area (Å²) in [5, 5.41) is 3.02. The molecule has 1 fully saturated rings. The lowest BCUT2D eigenvalue weighted by atomic mass is 10.0. The van der Waals surface area contributed by atoms with E-state index < -0.39 is 0 Å². The third-order valence-corrected chi connectivity index (χ3v) is 6.28. The van der Waals surface area contributed by atoms with Crippen LogP contribution in [0.2, 0.25) is 0 Å². The minimum atomic E-state index is -0.277. The fourth-order valence-electron chi connectivity index (χ4n) is 3.59. The van der Waals surface area contributed by atoms with Crippen LogP contribution < -0.4 is 10.1 Å². The van der Waals surface area contributed by atoms with Gasteiger partial charge in [0.15, 0.2) is 0 Å². The van der Waals surface area contributed by atoms with Gasteiger partial charge in [0.1, 0.15) is 5.75 Å². The van der Waals surface area contributed by atoms with Crippen LogP contribution in [0.4, 0.5) is 0 Å². The molecule has 0 bridgehead atoms. The van der Waals surface area contributed by atoms with Gasteiger partial charge in [0.05, 0.1) is 23.0 Å². The number of amides is 2. The van der Waals surface area contributed by atoms with Crippen molar-refractivity contribution in [2.45, 2.75) is 37.0 Å². The fraction of sp³-hybridized carbons (Fsp3) is 0.318. The zero-order chi connectivity index (χ0) is 19.5. The van der Waals surface area contributed by atoms with E-state index in [0.717, 1.165) is 24.2 Å². The Morgan fingerprint density at radius 2 is 2.14 bits per heavy atom. The Labute approximate surface area is 168 Å². The van der Waals surface area contributed by atoms with Crippen molar-refractivity contribution in [1.82, 2.24) is 5.32 Å². The number of ether oxygens (including phenoxy) is 1. The summed E-state index contributed by atoms with van der Waals surface area (Å²) >= 11 is 1.46. The van der Waals surface area contributed by atoms with Crippen LogP contribution in [-0.2, 0) is 9.59 Å². The van der Waals surface area contributed by atoms with Gasteiger partial charge in [-0.2, -0.15) is 0 Å². The fourth-order valence-corrected chi connectivity index (χ4v) is 4.62. The third-order valence-electron chi connectivity index (χ3n) is 5.08. The molecule has 2 aliphatic carbocycles.